The summed E-state index contributed by atoms with van der Waals surface area (Å²) in [5.41, 5.74) is 0. The fraction of sp³-hybridized carbons (Fsp3) is 1.00. The third kappa shape index (κ3) is 5.23. The fourth-order valence-electron chi connectivity index (χ4n) is 1.40. The second-order valence-corrected chi connectivity index (χ2v) is 11.6. The summed E-state index contributed by atoms with van der Waals surface area (Å²) in [7, 11) is -4.03. The SMILES string of the molecule is CCO[SiH](OCC)[Si](C)(OCC)OCC. The molecule has 0 saturated heterocycles. The molecule has 92 valence electrons. The van der Waals surface area contributed by atoms with Crippen molar-refractivity contribution in [3.05, 3.63) is 0 Å². The van der Waals surface area contributed by atoms with Crippen LogP contribution in [0.1, 0.15) is 27.7 Å². The van der Waals surface area contributed by atoms with Crippen LogP contribution in [0.5, 0.6) is 0 Å². The van der Waals surface area contributed by atoms with E-state index in [4.69, 9.17) is 17.7 Å². The van der Waals surface area contributed by atoms with Gasteiger partial charge in [0.2, 0.25) is 0 Å². The maximum Gasteiger partial charge on any atom is 0.377 e. The molecule has 0 fully saturated rings. The highest BCUT2D eigenvalue weighted by Gasteiger charge is 2.45. The topological polar surface area (TPSA) is 36.9 Å². The monoisotopic (exact) mass is 252 g/mol. The third-order valence-corrected chi connectivity index (χ3v) is 10.3. The molecule has 6 heteroatoms. The Balaban J connectivity index is 4.48. The van der Waals surface area contributed by atoms with Crippen LogP contribution < -0.4 is 0 Å². The molecule has 0 N–H and O–H groups in total. The standard InChI is InChI=1S/C9H24O4Si2/c1-6-10-14(11-7-2)15(5,12-8-3)13-9-4/h14H,6-9H2,1-5H3. The highest BCUT2D eigenvalue weighted by Crippen LogP contribution is 2.14. The third-order valence-electron chi connectivity index (χ3n) is 1.93. The molecule has 4 nitrogen and oxygen atoms in total. The van der Waals surface area contributed by atoms with Gasteiger partial charge in [-0.05, 0) is 34.2 Å². The number of hydrogen-bond donors (Lipinski definition) is 0. The Morgan fingerprint density at radius 2 is 1.20 bits per heavy atom. The van der Waals surface area contributed by atoms with E-state index in [1.54, 1.807) is 0 Å². The average molecular weight is 252 g/mol. The van der Waals surface area contributed by atoms with Crippen molar-refractivity contribution in [2.75, 3.05) is 26.4 Å². The lowest BCUT2D eigenvalue weighted by molar-refractivity contribution is 0.165. The maximum absolute atomic E-state index is 5.77. The first-order valence-corrected chi connectivity index (χ1v) is 10.7. The minimum Gasteiger partial charge on any atom is -0.396 e. The van der Waals surface area contributed by atoms with Gasteiger partial charge in [0.05, 0.1) is 0 Å². The molecule has 0 unspecified atom stereocenters. The van der Waals surface area contributed by atoms with Gasteiger partial charge < -0.3 is 17.7 Å². The van der Waals surface area contributed by atoms with Gasteiger partial charge in [-0.1, -0.05) is 0 Å². The highest BCUT2D eigenvalue weighted by molar-refractivity contribution is 7.21. The first-order chi connectivity index (χ1) is 7.14. The van der Waals surface area contributed by atoms with E-state index >= 15 is 0 Å². The summed E-state index contributed by atoms with van der Waals surface area (Å²) in [6.45, 7) is 12.6. The smallest absolute Gasteiger partial charge is 0.377 e. The van der Waals surface area contributed by atoms with Crippen LogP contribution in [0, 0.1) is 0 Å². The van der Waals surface area contributed by atoms with Gasteiger partial charge >= 0.3 is 16.9 Å². The molecule has 0 amide bonds. The van der Waals surface area contributed by atoms with E-state index < -0.39 is 16.9 Å². The molecular weight excluding hydrogens is 228 g/mol. The Labute approximate surface area is 95.8 Å². The summed E-state index contributed by atoms with van der Waals surface area (Å²) < 4.78 is 22.9. The highest BCUT2D eigenvalue weighted by atomic mass is 29.3. The van der Waals surface area contributed by atoms with E-state index in [-0.39, 0.29) is 0 Å². The lowest BCUT2D eigenvalue weighted by Crippen LogP contribution is -2.57. The van der Waals surface area contributed by atoms with Crippen LogP contribution in [0.25, 0.3) is 0 Å². The largest absolute Gasteiger partial charge is 0.396 e. The summed E-state index contributed by atoms with van der Waals surface area (Å²) in [6, 6.07) is 0. The van der Waals surface area contributed by atoms with Crippen LogP contribution in [-0.2, 0) is 17.7 Å². The van der Waals surface area contributed by atoms with E-state index in [2.05, 4.69) is 0 Å². The van der Waals surface area contributed by atoms with Crippen molar-refractivity contribution >= 4 is 16.9 Å². The second kappa shape index (κ2) is 8.43. The molecule has 0 aromatic heterocycles. The minimum absolute atomic E-state index is 0.659. The Bertz CT molecular complexity index is 145. The zero-order valence-corrected chi connectivity index (χ0v) is 12.7. The van der Waals surface area contributed by atoms with Crippen molar-refractivity contribution in [3.63, 3.8) is 0 Å². The molecule has 0 aromatic carbocycles. The van der Waals surface area contributed by atoms with Crippen molar-refractivity contribution < 1.29 is 17.7 Å². The lowest BCUT2D eigenvalue weighted by Gasteiger charge is -2.31. The molecule has 0 aliphatic carbocycles. The van der Waals surface area contributed by atoms with Crippen molar-refractivity contribution in [1.29, 1.82) is 0 Å². The molecule has 0 radical (unpaired) electrons. The Hall–Kier alpha value is 0.274. The molecule has 0 spiro atoms. The maximum atomic E-state index is 5.77. The Morgan fingerprint density at radius 1 is 0.800 bits per heavy atom. The first-order valence-electron chi connectivity index (χ1n) is 5.65. The number of hydrogen-bond acceptors (Lipinski definition) is 4. The van der Waals surface area contributed by atoms with Gasteiger partial charge in [0.25, 0.3) is 0 Å². The van der Waals surface area contributed by atoms with Gasteiger partial charge in [0.1, 0.15) is 0 Å². The normalized spacial score (nSPS) is 12.4. The number of rotatable bonds is 9. The molecular formula is C9H24O4Si2. The molecule has 0 bridgehead atoms. The molecule has 0 aromatic rings. The summed E-state index contributed by atoms with van der Waals surface area (Å²) in [4.78, 5) is 0. The average Bonchev–Trinajstić information content (AvgIpc) is 2.18. The van der Waals surface area contributed by atoms with Crippen LogP contribution in [0.15, 0.2) is 0 Å². The predicted octanol–water partition coefficient (Wildman–Crippen LogP) is 1.50. The van der Waals surface area contributed by atoms with Crippen molar-refractivity contribution in [2.24, 2.45) is 0 Å². The van der Waals surface area contributed by atoms with E-state index in [1.165, 1.54) is 0 Å². The van der Waals surface area contributed by atoms with Gasteiger partial charge in [-0.2, -0.15) is 0 Å². The quantitative estimate of drug-likeness (QED) is 0.583. The lowest BCUT2D eigenvalue weighted by atomic mass is 10.9. The van der Waals surface area contributed by atoms with Gasteiger partial charge in [0.15, 0.2) is 0 Å². The van der Waals surface area contributed by atoms with Crippen LogP contribution in [-0.4, -0.2) is 43.3 Å². The molecule has 0 saturated carbocycles. The fourth-order valence-corrected chi connectivity index (χ4v) is 8.85. The zero-order chi connectivity index (χ0) is 11.7. The molecule has 0 atom stereocenters. The predicted molar refractivity (Wildman–Crippen MR) is 65.3 cm³/mol. The first kappa shape index (κ1) is 15.3. The van der Waals surface area contributed by atoms with Crippen LogP contribution in [0.3, 0.4) is 0 Å². The summed E-state index contributed by atoms with van der Waals surface area (Å²) in [5, 5.41) is 0. The minimum atomic E-state index is -2.23. The van der Waals surface area contributed by atoms with Crippen LogP contribution in [0.4, 0.5) is 0 Å². The van der Waals surface area contributed by atoms with Gasteiger partial charge in [0, 0.05) is 26.4 Å². The molecule has 0 aliphatic rings. The van der Waals surface area contributed by atoms with Gasteiger partial charge in [-0.3, -0.25) is 0 Å². The molecule has 0 heterocycles. The van der Waals surface area contributed by atoms with Gasteiger partial charge in [-0.15, -0.1) is 0 Å². The Kier molecular flexibility index (Phi) is 8.58. The summed E-state index contributed by atoms with van der Waals surface area (Å²) in [6.07, 6.45) is 0. The van der Waals surface area contributed by atoms with E-state index in [0.717, 1.165) is 0 Å². The van der Waals surface area contributed by atoms with Crippen molar-refractivity contribution in [3.8, 4) is 0 Å². The van der Waals surface area contributed by atoms with Crippen molar-refractivity contribution in [1.82, 2.24) is 0 Å². The summed E-state index contributed by atoms with van der Waals surface area (Å²) in [5.74, 6) is 0. The van der Waals surface area contributed by atoms with Crippen LogP contribution in [0.2, 0.25) is 6.55 Å². The second-order valence-electron chi connectivity index (χ2n) is 3.12. The van der Waals surface area contributed by atoms with Crippen molar-refractivity contribution in [2.45, 2.75) is 34.2 Å². The molecule has 0 rings (SSSR count). The van der Waals surface area contributed by atoms with E-state index in [9.17, 15) is 0 Å². The Morgan fingerprint density at radius 3 is 1.47 bits per heavy atom. The van der Waals surface area contributed by atoms with E-state index in [1.807, 2.05) is 34.2 Å². The summed E-state index contributed by atoms with van der Waals surface area (Å²) >= 11 is 0. The zero-order valence-electron chi connectivity index (χ0n) is 10.5. The van der Waals surface area contributed by atoms with E-state index in [0.29, 0.717) is 26.4 Å². The molecule has 0 aliphatic heterocycles. The van der Waals surface area contributed by atoms with Crippen LogP contribution >= 0.6 is 0 Å². The van der Waals surface area contributed by atoms with Gasteiger partial charge in [-0.25, -0.2) is 0 Å². The molecule has 15 heavy (non-hydrogen) atoms.